The van der Waals surface area contributed by atoms with E-state index < -0.39 is 8.32 Å². The number of unbranched alkanes of at least 4 members (excludes halogenated alkanes) is 3. The molecule has 0 aromatic heterocycles. The minimum atomic E-state index is -1.86. The van der Waals surface area contributed by atoms with Crippen LogP contribution in [-0.2, 0) is 18.8 Å². The third-order valence-electron chi connectivity index (χ3n) is 6.67. The molecule has 1 atom stereocenters. The summed E-state index contributed by atoms with van der Waals surface area (Å²) in [5, 5.41) is 0.177. The third kappa shape index (κ3) is 9.99. The first-order chi connectivity index (χ1) is 15.0. The minimum Gasteiger partial charge on any atom is -0.469 e. The van der Waals surface area contributed by atoms with E-state index in [1.807, 2.05) is 0 Å². The van der Waals surface area contributed by atoms with E-state index in [-0.39, 0.29) is 22.9 Å². The Balaban J connectivity index is 2.82. The van der Waals surface area contributed by atoms with Gasteiger partial charge in [0.1, 0.15) is 0 Å². The smallest absolute Gasteiger partial charge is 0.305 e. The zero-order valence-electron chi connectivity index (χ0n) is 21.6. The molecule has 0 bridgehead atoms. The summed E-state index contributed by atoms with van der Waals surface area (Å²) >= 11 is 0. The van der Waals surface area contributed by atoms with Crippen molar-refractivity contribution in [3.8, 4) is 0 Å². The summed E-state index contributed by atoms with van der Waals surface area (Å²) in [4.78, 5) is 23.6. The summed E-state index contributed by atoms with van der Waals surface area (Å²) in [7, 11) is -0.445. The standard InChI is InChI=1S/C27H46O4Si/c1-8-9-12-15-23(31-32(6,7)27(2,3)4)20-18-22-19-21-25(28)24(22)16-13-10-11-14-17-26(29)30-5/h10,13,18,20,23H,8-9,11-12,14-17,19,21H2,1-7H3/b13-10+,20-18+/t23-/m0/s1. The maximum atomic E-state index is 12.4. The fraction of sp³-hybridized carbons (Fsp3) is 0.704. The van der Waals surface area contributed by atoms with E-state index >= 15 is 0 Å². The van der Waals surface area contributed by atoms with Gasteiger partial charge in [0.05, 0.1) is 13.2 Å². The first kappa shape index (κ1) is 28.6. The Kier molecular flexibility index (Phi) is 12.4. The number of Topliss-reactive ketones (excluding diaryl/α,β-unsaturated/α-hetero) is 1. The molecule has 0 aliphatic heterocycles. The number of ether oxygens (including phenoxy) is 1. The Hall–Kier alpha value is -1.46. The highest BCUT2D eigenvalue weighted by Gasteiger charge is 2.38. The molecule has 5 heteroatoms. The number of esters is 1. The SMILES string of the molecule is CCCCC[C@@H](/C=C/C1=C(C/C=C/CCCC(=O)OC)C(=O)CC1)O[Si](C)(C)C(C)(C)C. The highest BCUT2D eigenvalue weighted by Crippen LogP contribution is 2.38. The molecular formula is C27H46O4Si. The minimum absolute atomic E-state index is 0.112. The van der Waals surface area contributed by atoms with Crippen molar-refractivity contribution < 1.29 is 18.8 Å². The van der Waals surface area contributed by atoms with Crippen LogP contribution in [0.3, 0.4) is 0 Å². The molecule has 1 aliphatic rings. The lowest BCUT2D eigenvalue weighted by molar-refractivity contribution is -0.140. The highest BCUT2D eigenvalue weighted by molar-refractivity contribution is 6.74. The molecule has 0 aromatic carbocycles. The van der Waals surface area contributed by atoms with Crippen LogP contribution in [0.25, 0.3) is 0 Å². The van der Waals surface area contributed by atoms with Crippen molar-refractivity contribution in [1.82, 2.24) is 0 Å². The largest absolute Gasteiger partial charge is 0.469 e. The van der Waals surface area contributed by atoms with Crippen molar-refractivity contribution in [2.24, 2.45) is 0 Å². The maximum Gasteiger partial charge on any atom is 0.305 e. The number of hydrogen-bond acceptors (Lipinski definition) is 4. The lowest BCUT2D eigenvalue weighted by Gasteiger charge is -2.38. The van der Waals surface area contributed by atoms with Gasteiger partial charge in [0.2, 0.25) is 0 Å². The lowest BCUT2D eigenvalue weighted by Crippen LogP contribution is -2.43. The quantitative estimate of drug-likeness (QED) is 0.116. The van der Waals surface area contributed by atoms with Crippen LogP contribution in [-0.4, -0.2) is 33.3 Å². The molecule has 0 radical (unpaired) electrons. The van der Waals surface area contributed by atoms with Crippen molar-refractivity contribution >= 4 is 20.1 Å². The molecule has 0 saturated carbocycles. The molecule has 0 saturated heterocycles. The van der Waals surface area contributed by atoms with Crippen molar-refractivity contribution in [3.63, 3.8) is 0 Å². The van der Waals surface area contributed by atoms with Crippen LogP contribution in [0.15, 0.2) is 35.5 Å². The Bertz CT molecular complexity index is 695. The molecule has 1 aliphatic carbocycles. The summed E-state index contributed by atoms with van der Waals surface area (Å²) in [6.45, 7) is 13.7. The second-order valence-electron chi connectivity index (χ2n) is 10.3. The van der Waals surface area contributed by atoms with Crippen LogP contribution in [0.4, 0.5) is 0 Å². The zero-order valence-corrected chi connectivity index (χ0v) is 22.6. The molecule has 0 aromatic rings. The molecule has 0 fully saturated rings. The van der Waals surface area contributed by atoms with E-state index in [0.717, 1.165) is 36.8 Å². The number of hydrogen-bond donors (Lipinski definition) is 0. The zero-order chi connectivity index (χ0) is 24.2. The van der Waals surface area contributed by atoms with Gasteiger partial charge in [-0.3, -0.25) is 9.59 Å². The highest BCUT2D eigenvalue weighted by atomic mass is 28.4. The molecule has 1 rings (SSSR count). The van der Waals surface area contributed by atoms with Crippen LogP contribution in [0, 0.1) is 0 Å². The summed E-state index contributed by atoms with van der Waals surface area (Å²) in [6, 6.07) is 0. The Morgan fingerprint density at radius 1 is 1.12 bits per heavy atom. The van der Waals surface area contributed by atoms with E-state index in [1.54, 1.807) is 0 Å². The summed E-state index contributed by atoms with van der Waals surface area (Å²) in [6.07, 6.45) is 17.4. The van der Waals surface area contributed by atoms with Crippen LogP contribution in [0.5, 0.6) is 0 Å². The Labute approximate surface area is 197 Å². The van der Waals surface area contributed by atoms with Gasteiger partial charge in [-0.25, -0.2) is 0 Å². The number of carbonyl (C=O) groups is 2. The van der Waals surface area contributed by atoms with Crippen molar-refractivity contribution in [2.75, 3.05) is 7.11 Å². The topological polar surface area (TPSA) is 52.6 Å². The van der Waals surface area contributed by atoms with Crippen LogP contribution < -0.4 is 0 Å². The van der Waals surface area contributed by atoms with E-state index in [9.17, 15) is 9.59 Å². The van der Waals surface area contributed by atoms with E-state index in [2.05, 4.69) is 69.8 Å². The van der Waals surface area contributed by atoms with Crippen LogP contribution in [0.2, 0.25) is 18.1 Å². The van der Waals surface area contributed by atoms with Gasteiger partial charge in [-0.1, -0.05) is 71.3 Å². The number of allylic oxidation sites excluding steroid dienone is 5. The molecule has 0 N–H and O–H groups in total. The first-order valence-electron chi connectivity index (χ1n) is 12.3. The predicted octanol–water partition coefficient (Wildman–Crippen LogP) is 7.46. The van der Waals surface area contributed by atoms with Crippen molar-refractivity contribution in [2.45, 2.75) is 116 Å². The molecule has 32 heavy (non-hydrogen) atoms. The number of ketones is 1. The predicted molar refractivity (Wildman–Crippen MR) is 136 cm³/mol. The van der Waals surface area contributed by atoms with Gasteiger partial charge >= 0.3 is 5.97 Å². The molecule has 0 spiro atoms. The van der Waals surface area contributed by atoms with Gasteiger partial charge in [0, 0.05) is 18.4 Å². The molecule has 4 nitrogen and oxygen atoms in total. The van der Waals surface area contributed by atoms with Gasteiger partial charge in [0.15, 0.2) is 14.1 Å². The normalized spacial score (nSPS) is 16.5. The second kappa shape index (κ2) is 13.9. The Morgan fingerprint density at radius 3 is 2.47 bits per heavy atom. The molecule has 0 unspecified atom stereocenters. The average molecular weight is 463 g/mol. The van der Waals surface area contributed by atoms with Crippen LogP contribution in [0.1, 0.15) is 91.9 Å². The van der Waals surface area contributed by atoms with Gasteiger partial charge in [-0.05, 0) is 55.8 Å². The third-order valence-corrected chi connectivity index (χ3v) is 11.2. The number of rotatable bonds is 14. The summed E-state index contributed by atoms with van der Waals surface area (Å²) in [5.74, 6) is 0.0876. The molecule has 0 heterocycles. The molecule has 0 amide bonds. The maximum absolute atomic E-state index is 12.4. The van der Waals surface area contributed by atoms with Gasteiger partial charge in [0.25, 0.3) is 0 Å². The molecular weight excluding hydrogens is 416 g/mol. The van der Waals surface area contributed by atoms with E-state index in [1.165, 1.54) is 26.4 Å². The first-order valence-corrected chi connectivity index (χ1v) is 15.3. The number of methoxy groups -OCH3 is 1. The molecule has 182 valence electrons. The lowest BCUT2D eigenvalue weighted by atomic mass is 10.0. The van der Waals surface area contributed by atoms with Gasteiger partial charge in [-0.15, -0.1) is 0 Å². The second-order valence-corrected chi connectivity index (χ2v) is 15.1. The summed E-state index contributed by atoms with van der Waals surface area (Å²) < 4.78 is 11.4. The summed E-state index contributed by atoms with van der Waals surface area (Å²) in [5.41, 5.74) is 2.10. The monoisotopic (exact) mass is 462 g/mol. The average Bonchev–Trinajstić information content (AvgIpc) is 3.07. The van der Waals surface area contributed by atoms with Crippen molar-refractivity contribution in [1.29, 1.82) is 0 Å². The Morgan fingerprint density at radius 2 is 1.84 bits per heavy atom. The van der Waals surface area contributed by atoms with E-state index in [0.29, 0.717) is 19.3 Å². The fourth-order valence-electron chi connectivity index (χ4n) is 3.51. The fourth-order valence-corrected chi connectivity index (χ4v) is 4.82. The van der Waals surface area contributed by atoms with Crippen LogP contribution >= 0.6 is 0 Å². The van der Waals surface area contributed by atoms with Gasteiger partial charge in [-0.2, -0.15) is 0 Å². The van der Waals surface area contributed by atoms with Gasteiger partial charge < -0.3 is 9.16 Å². The number of carbonyl (C=O) groups excluding carboxylic acids is 2. The van der Waals surface area contributed by atoms with E-state index in [4.69, 9.17) is 4.43 Å². The van der Waals surface area contributed by atoms with Crippen molar-refractivity contribution in [3.05, 3.63) is 35.5 Å².